The maximum Gasteiger partial charge on any atom is 0.131 e. The molecule has 0 saturated heterocycles. The molecule has 0 amide bonds. The van der Waals surface area contributed by atoms with Crippen LogP contribution in [0.15, 0.2) is 36.7 Å². The van der Waals surface area contributed by atoms with E-state index in [1.165, 1.54) is 5.56 Å². The Morgan fingerprint density at radius 3 is 3.18 bits per heavy atom. The van der Waals surface area contributed by atoms with E-state index < -0.39 is 0 Å². The van der Waals surface area contributed by atoms with Crippen LogP contribution in [0.2, 0.25) is 0 Å². The number of hydrogen-bond acceptors (Lipinski definition) is 2. The van der Waals surface area contributed by atoms with Gasteiger partial charge in [-0.25, -0.2) is 0 Å². The molecule has 2 nitrogen and oxygen atoms in total. The van der Waals surface area contributed by atoms with E-state index >= 15 is 0 Å². The van der Waals surface area contributed by atoms with Crippen molar-refractivity contribution in [2.24, 2.45) is 0 Å². The fourth-order valence-corrected chi connectivity index (χ4v) is 1.09. The van der Waals surface area contributed by atoms with Crippen LogP contribution in [-0.4, -0.2) is 0 Å². The average Bonchev–Trinajstić information content (AvgIpc) is 2.28. The van der Waals surface area contributed by atoms with E-state index in [1.807, 2.05) is 18.2 Å². The molecule has 0 saturated carbocycles. The molecule has 0 radical (unpaired) electrons. The minimum atomic E-state index is 0.840. The third kappa shape index (κ3) is 1.19. The fraction of sp³-hybridized carbons (Fsp3) is 0.111. The highest BCUT2D eigenvalue weighted by Crippen LogP contribution is 2.18. The van der Waals surface area contributed by atoms with E-state index in [4.69, 9.17) is 4.74 Å². The summed E-state index contributed by atoms with van der Waals surface area (Å²) in [5, 5.41) is 3.10. The predicted molar refractivity (Wildman–Crippen MR) is 43.0 cm³/mol. The molecule has 0 atom stereocenters. The highest BCUT2D eigenvalue weighted by Gasteiger charge is 2.01. The van der Waals surface area contributed by atoms with E-state index in [9.17, 15) is 0 Å². The summed E-state index contributed by atoms with van der Waals surface area (Å²) in [5.41, 5.74) is 1.19. The Balaban J connectivity index is 2.40. The fourth-order valence-electron chi connectivity index (χ4n) is 1.09. The highest BCUT2D eigenvalue weighted by molar-refractivity contribution is 5.34. The van der Waals surface area contributed by atoms with Crippen LogP contribution in [0.5, 0.6) is 5.75 Å². The molecule has 1 aromatic carbocycles. The van der Waals surface area contributed by atoms with Crippen molar-refractivity contribution in [3.8, 4) is 5.75 Å². The van der Waals surface area contributed by atoms with Gasteiger partial charge < -0.3 is 10.1 Å². The first kappa shape index (κ1) is 6.28. The SMILES string of the molecule is C1=COc2ccccc2CN1. The number of hydrogen-bond donors (Lipinski definition) is 1. The minimum absolute atomic E-state index is 0.840. The molecule has 0 spiro atoms. The quantitative estimate of drug-likeness (QED) is 0.602. The summed E-state index contributed by atoms with van der Waals surface area (Å²) in [7, 11) is 0. The van der Waals surface area contributed by atoms with Crippen molar-refractivity contribution >= 4 is 0 Å². The second-order valence-electron chi connectivity index (χ2n) is 2.41. The van der Waals surface area contributed by atoms with E-state index in [0.717, 1.165) is 12.3 Å². The molecule has 1 aliphatic rings. The molecule has 56 valence electrons. The topological polar surface area (TPSA) is 21.3 Å². The van der Waals surface area contributed by atoms with Gasteiger partial charge >= 0.3 is 0 Å². The summed E-state index contributed by atoms with van der Waals surface area (Å²) in [4.78, 5) is 0. The van der Waals surface area contributed by atoms with Crippen LogP contribution in [0.1, 0.15) is 5.56 Å². The molecule has 11 heavy (non-hydrogen) atoms. The molecular weight excluding hydrogens is 138 g/mol. The third-order valence-electron chi connectivity index (χ3n) is 1.65. The number of benzene rings is 1. The second kappa shape index (κ2) is 2.66. The van der Waals surface area contributed by atoms with Gasteiger partial charge in [0.2, 0.25) is 0 Å². The Labute approximate surface area is 65.5 Å². The molecule has 2 heteroatoms. The highest BCUT2D eigenvalue weighted by atomic mass is 16.5. The number of fused-ring (bicyclic) bond motifs is 1. The molecule has 2 rings (SSSR count). The smallest absolute Gasteiger partial charge is 0.131 e. The molecule has 0 fully saturated rings. The van der Waals surface area contributed by atoms with Crippen molar-refractivity contribution in [2.45, 2.75) is 6.54 Å². The van der Waals surface area contributed by atoms with Crippen LogP contribution < -0.4 is 10.1 Å². The number of para-hydroxylation sites is 1. The molecule has 0 aliphatic carbocycles. The lowest BCUT2D eigenvalue weighted by Gasteiger charge is -2.02. The van der Waals surface area contributed by atoms with Gasteiger partial charge in [-0.05, 0) is 6.07 Å². The molecular formula is C9H9NO. The zero-order chi connectivity index (χ0) is 7.52. The lowest BCUT2D eigenvalue weighted by molar-refractivity contribution is 0.479. The van der Waals surface area contributed by atoms with Crippen molar-refractivity contribution < 1.29 is 4.74 Å². The monoisotopic (exact) mass is 147 g/mol. The van der Waals surface area contributed by atoms with Crippen LogP contribution in [0.25, 0.3) is 0 Å². The lowest BCUT2D eigenvalue weighted by Crippen LogP contribution is -2.01. The Kier molecular flexibility index (Phi) is 1.52. The lowest BCUT2D eigenvalue weighted by atomic mass is 10.2. The van der Waals surface area contributed by atoms with Crippen LogP contribution in [0, 0.1) is 0 Å². The van der Waals surface area contributed by atoms with Gasteiger partial charge in [0.05, 0.1) is 0 Å². The van der Waals surface area contributed by atoms with Crippen molar-refractivity contribution in [3.63, 3.8) is 0 Å². The van der Waals surface area contributed by atoms with Gasteiger partial charge in [0.15, 0.2) is 0 Å². The zero-order valence-electron chi connectivity index (χ0n) is 6.08. The first-order chi connectivity index (χ1) is 5.47. The van der Waals surface area contributed by atoms with Crippen LogP contribution in [0.4, 0.5) is 0 Å². The zero-order valence-corrected chi connectivity index (χ0v) is 6.08. The Morgan fingerprint density at radius 1 is 1.27 bits per heavy atom. The van der Waals surface area contributed by atoms with Gasteiger partial charge in [-0.2, -0.15) is 0 Å². The molecule has 1 aliphatic heterocycles. The first-order valence-electron chi connectivity index (χ1n) is 3.60. The molecule has 1 heterocycles. The van der Waals surface area contributed by atoms with E-state index in [0.29, 0.717) is 0 Å². The summed E-state index contributed by atoms with van der Waals surface area (Å²) in [6, 6.07) is 8.00. The second-order valence-corrected chi connectivity index (χ2v) is 2.41. The molecule has 1 aromatic rings. The van der Waals surface area contributed by atoms with Crippen molar-refractivity contribution in [1.29, 1.82) is 0 Å². The summed E-state index contributed by atoms with van der Waals surface area (Å²) in [6.07, 6.45) is 3.46. The normalized spacial score (nSPS) is 14.2. The maximum absolute atomic E-state index is 5.31. The van der Waals surface area contributed by atoms with E-state index in [-0.39, 0.29) is 0 Å². The van der Waals surface area contributed by atoms with Crippen LogP contribution >= 0.6 is 0 Å². The van der Waals surface area contributed by atoms with Crippen LogP contribution in [0.3, 0.4) is 0 Å². The van der Waals surface area contributed by atoms with E-state index in [1.54, 1.807) is 12.5 Å². The van der Waals surface area contributed by atoms with Gasteiger partial charge in [0.1, 0.15) is 12.0 Å². The predicted octanol–water partition coefficient (Wildman–Crippen LogP) is 1.64. The number of nitrogens with one attached hydrogen (secondary N) is 1. The summed E-state index contributed by atoms with van der Waals surface area (Å²) in [5.74, 6) is 0.939. The number of rotatable bonds is 0. The van der Waals surface area contributed by atoms with Crippen molar-refractivity contribution in [3.05, 3.63) is 42.3 Å². The summed E-state index contributed by atoms with van der Waals surface area (Å²) in [6.45, 7) is 0.840. The average molecular weight is 147 g/mol. The molecule has 1 N–H and O–H groups in total. The molecule has 0 unspecified atom stereocenters. The van der Waals surface area contributed by atoms with Gasteiger partial charge in [0, 0.05) is 18.3 Å². The largest absolute Gasteiger partial charge is 0.463 e. The van der Waals surface area contributed by atoms with Gasteiger partial charge in [-0.3, -0.25) is 0 Å². The number of ether oxygens (including phenoxy) is 1. The maximum atomic E-state index is 5.31. The van der Waals surface area contributed by atoms with Gasteiger partial charge in [-0.1, -0.05) is 18.2 Å². The molecule has 0 bridgehead atoms. The van der Waals surface area contributed by atoms with Gasteiger partial charge in [-0.15, -0.1) is 0 Å². The Bertz CT molecular complexity index is 281. The summed E-state index contributed by atoms with van der Waals surface area (Å²) >= 11 is 0. The Hall–Kier alpha value is -1.44. The summed E-state index contributed by atoms with van der Waals surface area (Å²) < 4.78 is 5.31. The standard InChI is InChI=1S/C9H9NO/c1-2-4-9-8(3-1)7-10-5-6-11-9/h1-6,10H,7H2. The minimum Gasteiger partial charge on any atom is -0.463 e. The van der Waals surface area contributed by atoms with Crippen molar-refractivity contribution in [1.82, 2.24) is 5.32 Å². The first-order valence-corrected chi connectivity index (χ1v) is 3.60. The Morgan fingerprint density at radius 2 is 2.18 bits per heavy atom. The van der Waals surface area contributed by atoms with Gasteiger partial charge in [0.25, 0.3) is 0 Å². The van der Waals surface area contributed by atoms with Crippen LogP contribution in [-0.2, 0) is 6.54 Å². The van der Waals surface area contributed by atoms with Crippen molar-refractivity contribution in [2.75, 3.05) is 0 Å². The third-order valence-corrected chi connectivity index (χ3v) is 1.65. The molecule has 0 aromatic heterocycles. The van der Waals surface area contributed by atoms with E-state index in [2.05, 4.69) is 11.4 Å².